The second-order valence-electron chi connectivity index (χ2n) is 6.05. The lowest BCUT2D eigenvalue weighted by molar-refractivity contribution is -0.137. The number of hydrogen-bond donors (Lipinski definition) is 2. The summed E-state index contributed by atoms with van der Waals surface area (Å²) >= 11 is 11.6. The molecular weight excluding hydrogens is 468 g/mol. The first-order valence-corrected chi connectivity index (χ1v) is 10.7. The monoisotopic (exact) mass is 484 g/mol. The lowest BCUT2D eigenvalue weighted by Gasteiger charge is -2.18. The first kappa shape index (κ1) is 24.3. The molecule has 2 aromatic carbocycles. The van der Waals surface area contributed by atoms with Gasteiger partial charge in [0.05, 0.1) is 33.8 Å². The summed E-state index contributed by atoms with van der Waals surface area (Å²) in [6.07, 6.45) is -4.77. The molecule has 0 aliphatic heterocycles. The third-order valence-corrected chi connectivity index (χ3v) is 5.85. The molecule has 0 heterocycles. The SMILES string of the molecule is CCOc1ccc(S(=O)(=O)N[C@@H](C)C(=O)Nc2ccc(Cl)cc2C(F)(F)F)cc1Cl. The minimum Gasteiger partial charge on any atom is -0.492 e. The first-order valence-electron chi connectivity index (χ1n) is 8.47. The second kappa shape index (κ2) is 9.42. The van der Waals surface area contributed by atoms with Crippen molar-refractivity contribution in [1.29, 1.82) is 0 Å². The van der Waals surface area contributed by atoms with E-state index in [9.17, 15) is 26.4 Å². The fourth-order valence-electron chi connectivity index (χ4n) is 2.38. The maximum Gasteiger partial charge on any atom is 0.418 e. The van der Waals surface area contributed by atoms with Crippen molar-refractivity contribution in [1.82, 2.24) is 4.72 Å². The van der Waals surface area contributed by atoms with Crippen LogP contribution in [0, 0.1) is 0 Å². The Kier molecular flexibility index (Phi) is 7.62. The highest BCUT2D eigenvalue weighted by atomic mass is 35.5. The molecule has 0 radical (unpaired) electrons. The van der Waals surface area contributed by atoms with Crippen LogP contribution in [-0.2, 0) is 21.0 Å². The van der Waals surface area contributed by atoms with Crippen molar-refractivity contribution in [3.05, 3.63) is 52.0 Å². The summed E-state index contributed by atoms with van der Waals surface area (Å²) < 4.78 is 71.8. The highest BCUT2D eigenvalue weighted by Crippen LogP contribution is 2.36. The zero-order valence-corrected chi connectivity index (χ0v) is 18.0. The van der Waals surface area contributed by atoms with Crippen LogP contribution in [0.25, 0.3) is 0 Å². The van der Waals surface area contributed by atoms with Crippen LogP contribution in [-0.4, -0.2) is 27.0 Å². The molecule has 0 unspecified atom stereocenters. The Labute approximate surface area is 181 Å². The van der Waals surface area contributed by atoms with E-state index < -0.39 is 39.4 Å². The molecular formula is C18H17Cl2F3N2O4S. The predicted octanol–water partition coefficient (Wildman–Crippen LogP) is 4.72. The van der Waals surface area contributed by atoms with Crippen LogP contribution in [0.1, 0.15) is 19.4 Å². The minimum atomic E-state index is -4.77. The number of nitrogens with one attached hydrogen (secondary N) is 2. The van der Waals surface area contributed by atoms with Crippen LogP contribution in [0.15, 0.2) is 41.3 Å². The number of anilines is 1. The van der Waals surface area contributed by atoms with Gasteiger partial charge in [0.1, 0.15) is 5.75 Å². The Morgan fingerprint density at radius 3 is 2.40 bits per heavy atom. The number of ether oxygens (including phenoxy) is 1. The topological polar surface area (TPSA) is 84.5 Å². The zero-order valence-electron chi connectivity index (χ0n) is 15.7. The van der Waals surface area contributed by atoms with E-state index in [-0.39, 0.29) is 20.7 Å². The minimum absolute atomic E-state index is 0.0489. The number of halogens is 5. The Morgan fingerprint density at radius 2 is 1.83 bits per heavy atom. The first-order chi connectivity index (χ1) is 13.8. The Balaban J connectivity index is 2.19. The van der Waals surface area contributed by atoms with E-state index in [1.54, 1.807) is 6.92 Å². The van der Waals surface area contributed by atoms with Crippen molar-refractivity contribution in [2.75, 3.05) is 11.9 Å². The zero-order chi connectivity index (χ0) is 22.7. The average Bonchev–Trinajstić information content (AvgIpc) is 2.63. The van der Waals surface area contributed by atoms with Gasteiger partial charge < -0.3 is 10.1 Å². The van der Waals surface area contributed by atoms with Gasteiger partial charge in [-0.15, -0.1) is 0 Å². The highest BCUT2D eigenvalue weighted by Gasteiger charge is 2.34. The third kappa shape index (κ3) is 6.00. The summed E-state index contributed by atoms with van der Waals surface area (Å²) in [6, 6.07) is 5.14. The molecule has 0 saturated carbocycles. The average molecular weight is 485 g/mol. The molecule has 2 aromatic rings. The van der Waals surface area contributed by atoms with Gasteiger partial charge in [0.25, 0.3) is 0 Å². The summed E-state index contributed by atoms with van der Waals surface area (Å²) in [4.78, 5) is 12.1. The largest absolute Gasteiger partial charge is 0.492 e. The van der Waals surface area contributed by atoms with Gasteiger partial charge in [-0.2, -0.15) is 17.9 Å². The fourth-order valence-corrected chi connectivity index (χ4v) is 4.08. The second-order valence-corrected chi connectivity index (χ2v) is 8.60. The predicted molar refractivity (Wildman–Crippen MR) is 107 cm³/mol. The molecule has 0 aliphatic carbocycles. The Morgan fingerprint density at radius 1 is 1.17 bits per heavy atom. The molecule has 2 rings (SSSR count). The molecule has 0 fully saturated rings. The van der Waals surface area contributed by atoms with E-state index in [2.05, 4.69) is 10.0 Å². The molecule has 0 aliphatic rings. The third-order valence-electron chi connectivity index (χ3n) is 3.78. The molecule has 0 bridgehead atoms. The number of amides is 1. The van der Waals surface area contributed by atoms with Gasteiger partial charge in [-0.3, -0.25) is 4.79 Å². The summed E-state index contributed by atoms with van der Waals surface area (Å²) in [5.41, 5.74) is -1.70. The molecule has 6 nitrogen and oxygen atoms in total. The molecule has 164 valence electrons. The van der Waals surface area contributed by atoms with Gasteiger partial charge in [-0.05, 0) is 50.2 Å². The molecule has 1 atom stereocenters. The van der Waals surface area contributed by atoms with Gasteiger partial charge in [-0.1, -0.05) is 23.2 Å². The van der Waals surface area contributed by atoms with E-state index >= 15 is 0 Å². The van der Waals surface area contributed by atoms with Gasteiger partial charge >= 0.3 is 6.18 Å². The molecule has 2 N–H and O–H groups in total. The van der Waals surface area contributed by atoms with Crippen LogP contribution >= 0.6 is 23.2 Å². The summed E-state index contributed by atoms with van der Waals surface area (Å²) in [7, 11) is -4.19. The highest BCUT2D eigenvalue weighted by molar-refractivity contribution is 7.89. The number of sulfonamides is 1. The summed E-state index contributed by atoms with van der Waals surface area (Å²) in [6.45, 7) is 3.24. The Hall–Kier alpha value is -2.01. The number of carbonyl (C=O) groups excluding carboxylic acids is 1. The van der Waals surface area contributed by atoms with E-state index in [0.29, 0.717) is 12.7 Å². The van der Waals surface area contributed by atoms with Crippen molar-refractivity contribution in [2.24, 2.45) is 0 Å². The summed E-state index contributed by atoms with van der Waals surface area (Å²) in [5.74, 6) is -0.713. The fraction of sp³-hybridized carbons (Fsp3) is 0.278. The maximum atomic E-state index is 13.2. The summed E-state index contributed by atoms with van der Waals surface area (Å²) in [5, 5.41) is 1.95. The van der Waals surface area contributed by atoms with Gasteiger partial charge in [0.2, 0.25) is 15.9 Å². The van der Waals surface area contributed by atoms with Crippen molar-refractivity contribution >= 4 is 44.8 Å². The van der Waals surface area contributed by atoms with Crippen LogP contribution in [0.5, 0.6) is 5.75 Å². The standard InChI is InChI=1S/C18H17Cl2F3N2O4S/c1-3-29-16-7-5-12(9-14(16)20)30(27,28)25-10(2)17(26)24-15-6-4-11(19)8-13(15)18(21,22)23/h4-10,25H,3H2,1-2H3,(H,24,26)/t10-/m0/s1. The van der Waals surface area contributed by atoms with E-state index in [1.807, 2.05) is 0 Å². The lowest BCUT2D eigenvalue weighted by atomic mass is 10.1. The van der Waals surface area contributed by atoms with Gasteiger partial charge in [0.15, 0.2) is 0 Å². The van der Waals surface area contributed by atoms with E-state index in [4.69, 9.17) is 27.9 Å². The van der Waals surface area contributed by atoms with Crippen LogP contribution in [0.4, 0.5) is 18.9 Å². The van der Waals surface area contributed by atoms with Crippen LogP contribution in [0.2, 0.25) is 10.0 Å². The van der Waals surface area contributed by atoms with Crippen LogP contribution < -0.4 is 14.8 Å². The quantitative estimate of drug-likeness (QED) is 0.595. The van der Waals surface area contributed by atoms with Crippen molar-refractivity contribution in [3.63, 3.8) is 0 Å². The number of carbonyl (C=O) groups is 1. The van der Waals surface area contributed by atoms with Crippen molar-refractivity contribution < 1.29 is 31.1 Å². The number of rotatable bonds is 7. The number of benzene rings is 2. The molecule has 1 amide bonds. The van der Waals surface area contributed by atoms with E-state index in [1.165, 1.54) is 25.1 Å². The molecule has 30 heavy (non-hydrogen) atoms. The van der Waals surface area contributed by atoms with Crippen molar-refractivity contribution in [3.8, 4) is 5.75 Å². The van der Waals surface area contributed by atoms with Crippen LogP contribution in [0.3, 0.4) is 0 Å². The van der Waals surface area contributed by atoms with Crippen molar-refractivity contribution in [2.45, 2.75) is 31.0 Å². The smallest absolute Gasteiger partial charge is 0.418 e. The molecule has 12 heteroatoms. The van der Waals surface area contributed by atoms with Gasteiger partial charge in [0, 0.05) is 5.02 Å². The lowest BCUT2D eigenvalue weighted by Crippen LogP contribution is -2.41. The normalized spacial score (nSPS) is 13.0. The number of hydrogen-bond acceptors (Lipinski definition) is 4. The molecule has 0 aromatic heterocycles. The maximum absolute atomic E-state index is 13.2. The number of alkyl halides is 3. The van der Waals surface area contributed by atoms with Gasteiger partial charge in [-0.25, -0.2) is 8.42 Å². The van der Waals surface area contributed by atoms with E-state index in [0.717, 1.165) is 12.1 Å². The molecule has 0 spiro atoms. The Bertz CT molecular complexity index is 1050. The molecule has 0 saturated heterocycles.